The lowest BCUT2D eigenvalue weighted by atomic mass is 9.84. The summed E-state index contributed by atoms with van der Waals surface area (Å²) >= 11 is 0.784. The third kappa shape index (κ3) is 4.06. The zero-order valence-corrected chi connectivity index (χ0v) is 13.7. The van der Waals surface area contributed by atoms with Crippen LogP contribution in [0.15, 0.2) is 24.3 Å². The summed E-state index contributed by atoms with van der Waals surface area (Å²) in [6.07, 6.45) is 4.02. The molecular weight excluding hydrogens is 304 g/mol. The number of rotatable bonds is 6. The van der Waals surface area contributed by atoms with Gasteiger partial charge in [-0.3, -0.25) is 14.2 Å². The highest BCUT2D eigenvalue weighted by molar-refractivity contribution is 7.90. The lowest BCUT2D eigenvalue weighted by Crippen LogP contribution is -2.48. The van der Waals surface area contributed by atoms with Crippen LogP contribution in [0.25, 0.3) is 0 Å². The van der Waals surface area contributed by atoms with Crippen LogP contribution in [0.4, 0.5) is 5.69 Å². The van der Waals surface area contributed by atoms with Gasteiger partial charge in [0.05, 0.1) is 0 Å². The smallest absolute Gasteiger partial charge is 0.277 e. The Bertz CT molecular complexity index is 487. The van der Waals surface area contributed by atoms with Gasteiger partial charge in [0, 0.05) is 19.8 Å². The van der Waals surface area contributed by atoms with Gasteiger partial charge in [-0.15, -0.1) is 0 Å². The van der Waals surface area contributed by atoms with Gasteiger partial charge in [-0.25, -0.2) is 5.48 Å². The molecule has 0 spiro atoms. The van der Waals surface area contributed by atoms with Crippen molar-refractivity contribution in [2.75, 3.05) is 19.0 Å². The molecule has 22 heavy (non-hydrogen) atoms. The highest BCUT2D eigenvalue weighted by Gasteiger charge is 2.42. The molecule has 2 N–H and O–H groups in total. The molecule has 1 aromatic carbocycles. The summed E-state index contributed by atoms with van der Waals surface area (Å²) in [6.45, 7) is 0. The normalized spacial score (nSPS) is 16.9. The first-order valence-corrected chi connectivity index (χ1v) is 7.98. The van der Waals surface area contributed by atoms with Crippen LogP contribution in [-0.2, 0) is 8.98 Å². The second-order valence-electron chi connectivity index (χ2n) is 5.62. The first-order chi connectivity index (χ1) is 10.6. The molecule has 1 saturated carbocycles. The molecule has 1 aliphatic carbocycles. The Kier molecular flexibility index (Phi) is 5.93. The summed E-state index contributed by atoms with van der Waals surface area (Å²) < 4.78 is 11.1. The predicted octanol–water partition coefficient (Wildman–Crippen LogP) is 2.92. The number of carbonyl (C=O) groups excluding carboxylic acids is 1. The monoisotopic (exact) mass is 326 g/mol. The zero-order valence-electron chi connectivity index (χ0n) is 12.9. The van der Waals surface area contributed by atoms with Crippen LogP contribution in [0.5, 0.6) is 5.75 Å². The van der Waals surface area contributed by atoms with Crippen molar-refractivity contribution < 1.29 is 18.4 Å². The molecule has 0 bridgehead atoms. The summed E-state index contributed by atoms with van der Waals surface area (Å²) in [5.41, 5.74) is 1.76. The van der Waals surface area contributed by atoms with Crippen molar-refractivity contribution in [2.45, 2.75) is 37.7 Å². The number of carbonyl (C=O) groups is 1. The largest absolute Gasteiger partial charge is 0.400 e. The summed E-state index contributed by atoms with van der Waals surface area (Å²) in [5, 5.41) is 8.92. The molecule has 0 aliphatic heterocycles. The predicted molar refractivity (Wildman–Crippen MR) is 85.8 cm³/mol. The van der Waals surface area contributed by atoms with Crippen LogP contribution >= 0.6 is 12.3 Å². The minimum Gasteiger partial charge on any atom is -0.400 e. The molecule has 0 radical (unpaired) electrons. The Morgan fingerprint density at radius 1 is 1.23 bits per heavy atom. The summed E-state index contributed by atoms with van der Waals surface area (Å²) in [4.78, 5) is 13.9. The summed E-state index contributed by atoms with van der Waals surface area (Å²) in [5.74, 6) is 0.136. The third-order valence-electron chi connectivity index (χ3n) is 3.85. The van der Waals surface area contributed by atoms with Gasteiger partial charge in [-0.1, -0.05) is 6.42 Å². The quantitative estimate of drug-likeness (QED) is 0.476. The Balaban J connectivity index is 1.91. The Labute approximate surface area is 135 Å². The van der Waals surface area contributed by atoms with Crippen LogP contribution in [0.1, 0.15) is 32.1 Å². The topological polar surface area (TPSA) is 71.0 Å². The minimum atomic E-state index is -1.01. The number of nitrogens with zero attached hydrogens (tertiary/aromatic N) is 1. The molecule has 122 valence electrons. The van der Waals surface area contributed by atoms with E-state index in [2.05, 4.69) is 0 Å². The maximum absolute atomic E-state index is 11.9. The number of nitrogens with one attached hydrogen (secondary N) is 1. The van der Waals surface area contributed by atoms with E-state index in [9.17, 15) is 4.79 Å². The second-order valence-corrected chi connectivity index (χ2v) is 6.09. The molecule has 0 heterocycles. The molecule has 0 unspecified atom stereocenters. The average molecular weight is 326 g/mol. The van der Waals surface area contributed by atoms with E-state index in [1.54, 1.807) is 5.48 Å². The Morgan fingerprint density at radius 3 is 2.41 bits per heavy atom. The fourth-order valence-electron chi connectivity index (χ4n) is 2.49. The molecule has 1 aromatic rings. The van der Waals surface area contributed by atoms with Crippen LogP contribution in [0.2, 0.25) is 0 Å². The van der Waals surface area contributed by atoms with Gasteiger partial charge < -0.3 is 9.08 Å². The van der Waals surface area contributed by atoms with Gasteiger partial charge in [0.2, 0.25) is 12.3 Å². The van der Waals surface area contributed by atoms with Gasteiger partial charge in [0.15, 0.2) is 5.60 Å². The second kappa shape index (κ2) is 7.71. The van der Waals surface area contributed by atoms with Gasteiger partial charge in [0.25, 0.3) is 5.91 Å². The van der Waals surface area contributed by atoms with Gasteiger partial charge in [-0.05, 0) is 49.9 Å². The lowest BCUT2D eigenvalue weighted by molar-refractivity contribution is -0.147. The molecule has 0 saturated heterocycles. The molecule has 6 nitrogen and oxygen atoms in total. The van der Waals surface area contributed by atoms with E-state index in [1.165, 1.54) is 0 Å². The SMILES string of the molecule is CN(C)c1ccc(OSOC2(C(=O)NO)CCCCC2)cc1. The fraction of sp³-hybridized carbons (Fsp3) is 0.533. The maximum Gasteiger partial charge on any atom is 0.277 e. The van der Waals surface area contributed by atoms with Crippen LogP contribution < -0.4 is 14.6 Å². The fourth-order valence-corrected chi connectivity index (χ4v) is 3.09. The van der Waals surface area contributed by atoms with E-state index >= 15 is 0 Å². The number of amides is 1. The molecule has 0 aromatic heterocycles. The van der Waals surface area contributed by atoms with Crippen molar-refractivity contribution in [3.05, 3.63) is 24.3 Å². The number of anilines is 1. The van der Waals surface area contributed by atoms with Crippen LogP contribution in [0, 0.1) is 0 Å². The third-order valence-corrected chi connectivity index (χ3v) is 4.50. The lowest BCUT2D eigenvalue weighted by Gasteiger charge is -2.32. The van der Waals surface area contributed by atoms with Gasteiger partial charge >= 0.3 is 0 Å². The van der Waals surface area contributed by atoms with Crippen molar-refractivity contribution >= 4 is 23.9 Å². The van der Waals surface area contributed by atoms with Crippen molar-refractivity contribution in [3.63, 3.8) is 0 Å². The van der Waals surface area contributed by atoms with Gasteiger partial charge in [0.1, 0.15) is 5.75 Å². The Morgan fingerprint density at radius 2 is 1.86 bits per heavy atom. The molecule has 1 aliphatic rings. The van der Waals surface area contributed by atoms with E-state index < -0.39 is 11.5 Å². The van der Waals surface area contributed by atoms with Gasteiger partial charge in [-0.2, -0.15) is 0 Å². The number of hydroxylamine groups is 1. The van der Waals surface area contributed by atoms with Crippen molar-refractivity contribution in [1.82, 2.24) is 5.48 Å². The van der Waals surface area contributed by atoms with Crippen LogP contribution in [0.3, 0.4) is 0 Å². The molecular formula is C15H22N2O4S. The average Bonchev–Trinajstić information content (AvgIpc) is 2.55. The Hall–Kier alpha value is -1.44. The highest BCUT2D eigenvalue weighted by Crippen LogP contribution is 2.35. The van der Waals surface area contributed by atoms with E-state index in [4.69, 9.17) is 13.6 Å². The first kappa shape index (κ1) is 16.9. The summed E-state index contributed by atoms with van der Waals surface area (Å²) in [6, 6.07) is 7.55. The molecule has 2 rings (SSSR count). The summed E-state index contributed by atoms with van der Waals surface area (Å²) in [7, 11) is 3.93. The van der Waals surface area contributed by atoms with Crippen molar-refractivity contribution in [2.24, 2.45) is 0 Å². The molecule has 1 amide bonds. The number of hydrogen-bond donors (Lipinski definition) is 2. The van der Waals surface area contributed by atoms with E-state index in [1.807, 2.05) is 43.3 Å². The standard InChI is InChI=1S/C15H22N2O4S/c1-17(2)12-6-8-13(9-7-12)20-22-21-15(14(18)16-19)10-4-3-5-11-15/h6-9,19H,3-5,10-11H2,1-2H3,(H,16,18). The maximum atomic E-state index is 11.9. The minimum absolute atomic E-state index is 0.508. The molecule has 1 fully saturated rings. The highest BCUT2D eigenvalue weighted by atomic mass is 32.2. The first-order valence-electron chi connectivity index (χ1n) is 7.32. The molecule has 7 heteroatoms. The van der Waals surface area contributed by atoms with E-state index in [-0.39, 0.29) is 0 Å². The zero-order chi connectivity index (χ0) is 16.0. The van der Waals surface area contributed by atoms with Crippen molar-refractivity contribution in [1.29, 1.82) is 0 Å². The van der Waals surface area contributed by atoms with E-state index in [0.29, 0.717) is 18.6 Å². The molecule has 0 atom stereocenters. The number of hydrogen-bond acceptors (Lipinski definition) is 6. The van der Waals surface area contributed by atoms with Crippen LogP contribution in [-0.4, -0.2) is 30.8 Å². The number of benzene rings is 1. The van der Waals surface area contributed by atoms with E-state index in [0.717, 1.165) is 37.3 Å². The van der Waals surface area contributed by atoms with Crippen molar-refractivity contribution in [3.8, 4) is 5.75 Å².